The van der Waals surface area contributed by atoms with Crippen LogP contribution in [0.5, 0.6) is 0 Å². The van der Waals surface area contributed by atoms with Gasteiger partial charge >= 0.3 is 27.0 Å². The summed E-state index contributed by atoms with van der Waals surface area (Å²) in [6.07, 6.45) is 5.48. The van der Waals surface area contributed by atoms with E-state index in [1.165, 1.54) is 9.26 Å². The molecule has 0 aliphatic rings. The molecule has 13 nitrogen and oxygen atoms in total. The molecule has 68 heavy (non-hydrogen) atoms. The van der Waals surface area contributed by atoms with Crippen molar-refractivity contribution in [2.75, 3.05) is 27.3 Å². The number of carbonyl (C=O) groups is 2. The van der Waals surface area contributed by atoms with Crippen LogP contribution in [0.4, 0.5) is 0 Å². The molecule has 7 rings (SSSR count). The fourth-order valence-corrected chi connectivity index (χ4v) is 13.1. The van der Waals surface area contributed by atoms with E-state index in [0.717, 1.165) is 71.8 Å². The number of aromatic nitrogens is 7. The molecule has 0 aliphatic heterocycles. The van der Waals surface area contributed by atoms with E-state index in [9.17, 15) is 9.59 Å². The maximum atomic E-state index is 12.3. The summed E-state index contributed by atoms with van der Waals surface area (Å²) in [5, 5.41) is 21.0. The third kappa shape index (κ3) is 19.7. The van der Waals surface area contributed by atoms with Crippen LogP contribution in [0.25, 0.3) is 32.2 Å². The van der Waals surface area contributed by atoms with Crippen LogP contribution >= 0.6 is 66.3 Å². The van der Waals surface area contributed by atoms with Gasteiger partial charge in [-0.3, -0.25) is 19.6 Å². The van der Waals surface area contributed by atoms with Crippen LogP contribution in [0.15, 0.2) is 65.9 Å². The summed E-state index contributed by atoms with van der Waals surface area (Å²) in [7, 11) is 3.59. The monoisotopic (exact) mass is 1230 g/mol. The Morgan fingerprint density at radius 2 is 1.25 bits per heavy atom. The van der Waals surface area contributed by atoms with Crippen molar-refractivity contribution in [3.8, 4) is 10.4 Å². The van der Waals surface area contributed by atoms with Crippen molar-refractivity contribution in [1.29, 1.82) is 0 Å². The molecule has 2 aromatic carbocycles. The van der Waals surface area contributed by atoms with Crippen molar-refractivity contribution in [3.63, 3.8) is 0 Å². The van der Waals surface area contributed by atoms with Gasteiger partial charge in [-0.05, 0) is 70.6 Å². The minimum absolute atomic E-state index is 0.173. The molecule has 0 saturated heterocycles. The molecular weight excluding hydrogens is 1170 g/mol. The Labute approximate surface area is 446 Å². The number of nitrogens with zero attached hydrogens (tertiary/aromatic N) is 7. The Bertz CT molecular complexity index is 2550. The van der Waals surface area contributed by atoms with Crippen LogP contribution in [-0.4, -0.2) is 106 Å². The summed E-state index contributed by atoms with van der Waals surface area (Å²) in [5.41, 5.74) is 5.52. The third-order valence-electron chi connectivity index (χ3n) is 9.59. The van der Waals surface area contributed by atoms with Gasteiger partial charge in [-0.2, -0.15) is 15.6 Å². The molecule has 0 aliphatic carbocycles. The molecule has 0 bridgehead atoms. The average molecular weight is 1230 g/mol. The van der Waals surface area contributed by atoms with Gasteiger partial charge < -0.3 is 36.4 Å². The van der Waals surface area contributed by atoms with Gasteiger partial charge in [0.25, 0.3) is 11.8 Å². The maximum absolute atomic E-state index is 12.3. The molecule has 0 saturated carbocycles. The van der Waals surface area contributed by atoms with Crippen molar-refractivity contribution in [2.45, 2.75) is 104 Å². The number of fused-ring (bicyclic) bond motifs is 2. The summed E-state index contributed by atoms with van der Waals surface area (Å²) in [4.78, 5) is 37.9. The average Bonchev–Trinajstić information content (AvgIpc) is 4.14. The van der Waals surface area contributed by atoms with Crippen LogP contribution in [0.1, 0.15) is 21.0 Å². The molecule has 366 valence electrons. The fourth-order valence-electron chi connectivity index (χ4n) is 5.80. The third-order valence-corrected chi connectivity index (χ3v) is 22.8. The van der Waals surface area contributed by atoms with Crippen LogP contribution in [-0.2, 0) is 40.2 Å². The van der Waals surface area contributed by atoms with Gasteiger partial charge in [-0.1, -0.05) is 95.5 Å². The number of halogens is 2. The molecule has 2 amide bonds. The predicted octanol–water partition coefficient (Wildman–Crippen LogP) is 11.0. The molecule has 0 atom stereocenters. The van der Waals surface area contributed by atoms with E-state index in [1.807, 2.05) is 54.2 Å². The van der Waals surface area contributed by atoms with Crippen LogP contribution in [0, 0.1) is 8.95 Å². The molecule has 0 unspecified atom stereocenters. The first-order valence-electron chi connectivity index (χ1n) is 22.1. The molecule has 23 heteroatoms. The van der Waals surface area contributed by atoms with E-state index >= 15 is 0 Å². The predicted molar refractivity (Wildman–Crippen MR) is 303 cm³/mol. The summed E-state index contributed by atoms with van der Waals surface area (Å²) < 4.78 is 18.8. The zero-order valence-electron chi connectivity index (χ0n) is 42.0. The molecule has 0 spiro atoms. The Hall–Kier alpha value is -2.36. The molecule has 0 fully saturated rings. The number of carbonyl (C=O) groups excluding carboxylic acids is 2. The Balaban J connectivity index is 0.000000260. The number of benzene rings is 2. The Morgan fingerprint density at radius 3 is 1.63 bits per heavy atom. The van der Waals surface area contributed by atoms with Crippen molar-refractivity contribution in [1.82, 2.24) is 45.1 Å². The standard InChI is InChI=1S/C18H24N4O2SSi.C15H22IN3O2Si.C6H11NSSi.C6H10NSSi.ClH.Zn/c1-19-18(23)17-14-9-13(16-10-20-11-25-16)5-6-15(14)22(21-17)12-24-7-8-26(2,3)4;1-17-15(20)14-12-9-11(16)5-6-13(12)19(18-14)10-21-7-8-22(2,3)4;2*1-9(2,3)6-7-4-5-8-6;;/h5-6,9-11H,7-8,12H2,1-4H3,(H,19,23);5-6,9H,7-8,10H2,1-4H3,(H,17,20);4-5H,1-3H3;4H,1-3H3;1H;/q;;;-1;;+2/p-1. The Kier molecular flexibility index (Phi) is 24.7. The number of thiazole rings is 3. The van der Waals surface area contributed by atoms with E-state index in [1.54, 1.807) is 69.2 Å². The Morgan fingerprint density at radius 1 is 0.735 bits per heavy atom. The second-order valence-electron chi connectivity index (χ2n) is 19.9. The second kappa shape index (κ2) is 28.0. The fraction of sp³-hybridized carbons (Fsp3) is 0.444. The zero-order valence-corrected chi connectivity index (χ0v) is 54.4. The first-order chi connectivity index (χ1) is 31.9. The normalized spacial score (nSPS) is 11.6. The molecule has 7 aromatic rings. The van der Waals surface area contributed by atoms with E-state index in [-0.39, 0.29) is 11.8 Å². The molecule has 2 N–H and O–H groups in total. The second-order valence-corrected chi connectivity index (χ2v) is 45.7. The van der Waals surface area contributed by atoms with E-state index in [2.05, 4.69) is 142 Å². The molecule has 5 heterocycles. The van der Waals surface area contributed by atoms with E-state index in [0.29, 0.717) is 31.5 Å². The van der Waals surface area contributed by atoms with Gasteiger partial charge in [0, 0.05) is 83.6 Å². The van der Waals surface area contributed by atoms with Gasteiger partial charge in [-0.25, -0.2) is 9.36 Å². The van der Waals surface area contributed by atoms with Crippen molar-refractivity contribution >= 4 is 141 Å². The number of hydrogen-bond donors (Lipinski definition) is 2. The topological polar surface area (TPSA) is 151 Å². The minimum atomic E-state index is -1.13. The van der Waals surface area contributed by atoms with Crippen LogP contribution in [0.3, 0.4) is 0 Å². The van der Waals surface area contributed by atoms with Crippen molar-refractivity contribution in [3.05, 3.63) is 86.2 Å². The number of ether oxygens (including phenoxy) is 2. The van der Waals surface area contributed by atoms with Crippen LogP contribution < -0.4 is 19.9 Å². The van der Waals surface area contributed by atoms with Gasteiger partial charge in [0.05, 0.1) is 26.1 Å². The molecular formula is C45H67ClIN9O4S3Si4Zn. The van der Waals surface area contributed by atoms with Gasteiger partial charge in [0.2, 0.25) is 0 Å². The molecule has 5 aromatic heterocycles. The van der Waals surface area contributed by atoms with Crippen LogP contribution in [0.2, 0.25) is 90.7 Å². The number of hydrogen-bond acceptors (Lipinski definition) is 12. The van der Waals surface area contributed by atoms with E-state index in [4.69, 9.17) is 19.2 Å². The number of amides is 2. The quantitative estimate of drug-likeness (QED) is 0.0442. The summed E-state index contributed by atoms with van der Waals surface area (Å²) in [6.45, 7) is 29.9. The summed E-state index contributed by atoms with van der Waals surface area (Å²) >= 11 is 8.09. The van der Waals surface area contributed by atoms with Gasteiger partial charge in [-0.15, -0.1) is 22.7 Å². The van der Waals surface area contributed by atoms with Gasteiger partial charge in [0.1, 0.15) is 21.5 Å². The first-order valence-corrected chi connectivity index (χ1v) is 44.0. The number of rotatable bonds is 15. The SMILES string of the molecule is CNC(=O)c1nn(COCC[Si](C)(C)C)c2ccc(-c3cncs3)cc12.CNC(=O)c1nn(COCC[Si](C)(C)C)c2ccc(I)cc12.C[Si](C)(C)c1nc[c-]s1.C[Si](C)(C)c1nccs1.[Cl][Zn+]. The van der Waals surface area contributed by atoms with Gasteiger partial charge in [0.15, 0.2) is 11.4 Å². The van der Waals surface area contributed by atoms with Crippen molar-refractivity contribution < 1.29 is 36.4 Å². The van der Waals surface area contributed by atoms with E-state index < -0.39 is 32.3 Å². The molecule has 0 radical (unpaired) electrons. The first kappa shape index (κ1) is 59.9. The number of nitrogens with one attached hydrogen (secondary N) is 2. The summed E-state index contributed by atoms with van der Waals surface area (Å²) in [5.74, 6) is -0.370. The zero-order chi connectivity index (χ0) is 50.9. The summed E-state index contributed by atoms with van der Waals surface area (Å²) in [6, 6.07) is 14.2. The van der Waals surface area contributed by atoms with Crippen molar-refractivity contribution in [2.24, 2.45) is 0 Å².